The van der Waals surface area contributed by atoms with E-state index in [4.69, 9.17) is 4.74 Å². The molecule has 2 amide bonds. The standard InChI is InChI=1S/C27H30F3N5O4/c1-24(2,3)22-20(35(23(37)38)9-10-39-22)12-34(16-36)26-13-25(26,27(28,29)30)14-33(15-26)19-7-6-17(11-31)21-18(19)5-4-8-32-21/h4-8,16,20,22H,9-10,12-15H2,1-3H3,(H,37,38)/t20-,22?,25?,26?/m1/s1. The molecular formula is C27H30F3N5O4. The number of aromatic nitrogens is 1. The van der Waals surface area contributed by atoms with E-state index in [0.717, 1.165) is 0 Å². The van der Waals surface area contributed by atoms with Gasteiger partial charge in [0, 0.05) is 43.4 Å². The lowest BCUT2D eigenvalue weighted by Crippen LogP contribution is -2.62. The second-order valence-electron chi connectivity index (χ2n) is 11.7. The van der Waals surface area contributed by atoms with Crippen molar-refractivity contribution in [3.05, 3.63) is 36.0 Å². The number of nitriles is 1. The molecule has 208 valence electrons. The van der Waals surface area contributed by atoms with E-state index in [1.54, 1.807) is 23.1 Å². The minimum Gasteiger partial charge on any atom is -0.465 e. The second-order valence-corrected chi connectivity index (χ2v) is 11.7. The van der Waals surface area contributed by atoms with E-state index in [9.17, 15) is 33.1 Å². The lowest BCUT2D eigenvalue weighted by Gasteiger charge is -2.47. The zero-order valence-corrected chi connectivity index (χ0v) is 21.9. The molecule has 2 aromatic rings. The molecule has 3 aliphatic rings. The molecule has 9 nitrogen and oxygen atoms in total. The normalized spacial score (nSPS) is 28.6. The maximum atomic E-state index is 14.7. The van der Waals surface area contributed by atoms with Crippen molar-refractivity contribution in [1.82, 2.24) is 14.8 Å². The Bertz CT molecular complexity index is 1360. The minimum absolute atomic E-state index is 0.0625. The fourth-order valence-electron chi connectivity index (χ4n) is 6.68. The number of carbonyl (C=O) groups excluding carboxylic acids is 1. The third-order valence-corrected chi connectivity index (χ3v) is 8.56. The topological polar surface area (TPSA) is 110 Å². The SMILES string of the molecule is CC(C)(C)C1OCCN(C(=O)O)[C@@H]1CN(C=O)C12CN(c3ccc(C#N)c4ncccc34)CC1(C(F)(F)F)C2. The highest BCUT2D eigenvalue weighted by atomic mass is 19.4. The lowest BCUT2D eigenvalue weighted by molar-refractivity contribution is -0.192. The van der Waals surface area contributed by atoms with Gasteiger partial charge in [0.15, 0.2) is 0 Å². The Kier molecular flexibility index (Phi) is 6.21. The highest BCUT2D eigenvalue weighted by Gasteiger charge is 2.85. The first-order valence-corrected chi connectivity index (χ1v) is 12.7. The van der Waals surface area contributed by atoms with Crippen LogP contribution in [0.1, 0.15) is 32.8 Å². The maximum Gasteiger partial charge on any atom is 0.407 e. The van der Waals surface area contributed by atoms with E-state index >= 15 is 0 Å². The molecule has 1 N–H and O–H groups in total. The van der Waals surface area contributed by atoms with E-state index in [1.807, 2.05) is 20.8 Å². The van der Waals surface area contributed by atoms with Crippen molar-refractivity contribution in [2.75, 3.05) is 37.7 Å². The molecule has 12 heteroatoms. The number of benzene rings is 1. The summed E-state index contributed by atoms with van der Waals surface area (Å²) in [7, 11) is 0. The van der Waals surface area contributed by atoms with Gasteiger partial charge in [-0.25, -0.2) is 4.79 Å². The number of hydrogen-bond acceptors (Lipinski definition) is 6. The number of carbonyl (C=O) groups is 2. The quantitative estimate of drug-likeness (QED) is 0.568. The van der Waals surface area contributed by atoms with Crippen molar-refractivity contribution in [3.8, 4) is 6.07 Å². The van der Waals surface area contributed by atoms with Crippen LogP contribution in [0, 0.1) is 22.2 Å². The molecule has 0 spiro atoms. The first-order valence-electron chi connectivity index (χ1n) is 12.7. The number of fused-ring (bicyclic) bond motifs is 2. The third-order valence-electron chi connectivity index (χ3n) is 8.56. The number of ether oxygens (including phenoxy) is 1. The molecule has 2 aliphatic heterocycles. The zero-order valence-electron chi connectivity index (χ0n) is 21.9. The Morgan fingerprint density at radius 3 is 2.67 bits per heavy atom. The van der Waals surface area contributed by atoms with Gasteiger partial charge in [0.2, 0.25) is 6.41 Å². The fraction of sp³-hybridized carbons (Fsp3) is 0.556. The summed E-state index contributed by atoms with van der Waals surface area (Å²) in [5.41, 5.74) is -3.06. The van der Waals surface area contributed by atoms with Gasteiger partial charge in [-0.05, 0) is 36.1 Å². The third kappa shape index (κ3) is 4.06. The zero-order chi connectivity index (χ0) is 28.4. The summed E-state index contributed by atoms with van der Waals surface area (Å²) in [5.74, 6) is 0. The van der Waals surface area contributed by atoms with Crippen molar-refractivity contribution < 1.29 is 32.6 Å². The number of nitrogens with zero attached hydrogens (tertiary/aromatic N) is 5. The highest BCUT2D eigenvalue weighted by Crippen LogP contribution is 2.71. The molecule has 0 bridgehead atoms. The lowest BCUT2D eigenvalue weighted by atomic mass is 9.82. The van der Waals surface area contributed by atoms with Crippen molar-refractivity contribution in [2.45, 2.75) is 51.1 Å². The van der Waals surface area contributed by atoms with Gasteiger partial charge < -0.3 is 19.6 Å². The monoisotopic (exact) mass is 545 g/mol. The smallest absolute Gasteiger partial charge is 0.407 e. The van der Waals surface area contributed by atoms with Crippen LogP contribution in [0.5, 0.6) is 0 Å². The molecule has 0 radical (unpaired) electrons. The van der Waals surface area contributed by atoms with Crippen LogP contribution in [0.25, 0.3) is 10.9 Å². The van der Waals surface area contributed by atoms with Gasteiger partial charge in [0.1, 0.15) is 11.5 Å². The number of alkyl halides is 3. The molecule has 2 saturated heterocycles. The molecule has 3 fully saturated rings. The number of morpholine rings is 1. The minimum atomic E-state index is -4.61. The molecule has 1 aromatic carbocycles. The molecule has 1 aromatic heterocycles. The summed E-state index contributed by atoms with van der Waals surface area (Å²) in [6.45, 7) is 5.16. The molecule has 5 rings (SSSR count). The van der Waals surface area contributed by atoms with Crippen LogP contribution in [-0.4, -0.2) is 89.0 Å². The predicted molar refractivity (Wildman–Crippen MR) is 135 cm³/mol. The molecule has 4 atom stereocenters. The number of piperidine rings is 1. The van der Waals surface area contributed by atoms with Gasteiger partial charge in [-0.15, -0.1) is 0 Å². The first kappa shape index (κ1) is 27.0. The summed E-state index contributed by atoms with van der Waals surface area (Å²) in [6, 6.07) is 7.76. The number of carboxylic acid groups (broad SMARTS) is 1. The Hall–Kier alpha value is -3.59. The summed E-state index contributed by atoms with van der Waals surface area (Å²) >= 11 is 0. The summed E-state index contributed by atoms with van der Waals surface area (Å²) in [4.78, 5) is 32.8. The molecule has 39 heavy (non-hydrogen) atoms. The van der Waals surface area contributed by atoms with Gasteiger partial charge in [-0.2, -0.15) is 18.4 Å². The van der Waals surface area contributed by atoms with Crippen LogP contribution in [0.3, 0.4) is 0 Å². The molecule has 3 heterocycles. The van der Waals surface area contributed by atoms with Gasteiger partial charge in [0.05, 0.1) is 35.4 Å². The average Bonchev–Trinajstić information content (AvgIpc) is 3.42. The van der Waals surface area contributed by atoms with Crippen molar-refractivity contribution in [1.29, 1.82) is 5.26 Å². The van der Waals surface area contributed by atoms with Crippen LogP contribution in [0.15, 0.2) is 30.5 Å². The Morgan fingerprint density at radius 1 is 1.31 bits per heavy atom. The van der Waals surface area contributed by atoms with Crippen LogP contribution in [0.4, 0.5) is 23.7 Å². The van der Waals surface area contributed by atoms with Crippen LogP contribution in [-0.2, 0) is 9.53 Å². The number of amides is 2. The van der Waals surface area contributed by atoms with Crippen molar-refractivity contribution in [2.24, 2.45) is 10.8 Å². The van der Waals surface area contributed by atoms with Crippen molar-refractivity contribution in [3.63, 3.8) is 0 Å². The number of hydrogen-bond donors (Lipinski definition) is 1. The first-order chi connectivity index (χ1) is 18.3. The Labute approximate surface area is 223 Å². The number of pyridine rings is 1. The Balaban J connectivity index is 1.54. The summed E-state index contributed by atoms with van der Waals surface area (Å²) in [6.07, 6.45) is -4.76. The number of anilines is 1. The molecule has 1 aliphatic carbocycles. The summed E-state index contributed by atoms with van der Waals surface area (Å²) < 4.78 is 50.2. The molecule has 1 saturated carbocycles. The van der Waals surface area contributed by atoms with E-state index in [1.165, 1.54) is 22.1 Å². The summed E-state index contributed by atoms with van der Waals surface area (Å²) in [5, 5.41) is 19.9. The number of halogens is 3. The van der Waals surface area contributed by atoms with E-state index in [2.05, 4.69) is 11.1 Å². The predicted octanol–water partition coefficient (Wildman–Crippen LogP) is 3.87. The van der Waals surface area contributed by atoms with Gasteiger partial charge >= 0.3 is 12.3 Å². The van der Waals surface area contributed by atoms with Gasteiger partial charge in [-0.1, -0.05) is 20.8 Å². The molecule has 3 unspecified atom stereocenters. The Morgan fingerprint density at radius 2 is 2.05 bits per heavy atom. The van der Waals surface area contributed by atoms with Crippen LogP contribution >= 0.6 is 0 Å². The maximum absolute atomic E-state index is 14.7. The van der Waals surface area contributed by atoms with Crippen LogP contribution < -0.4 is 4.90 Å². The fourth-order valence-corrected chi connectivity index (χ4v) is 6.68. The largest absolute Gasteiger partial charge is 0.465 e. The van der Waals surface area contributed by atoms with E-state index in [0.29, 0.717) is 28.6 Å². The second kappa shape index (κ2) is 8.98. The van der Waals surface area contributed by atoms with Gasteiger partial charge in [0.25, 0.3) is 0 Å². The average molecular weight is 546 g/mol. The van der Waals surface area contributed by atoms with E-state index in [-0.39, 0.29) is 39.2 Å². The van der Waals surface area contributed by atoms with Gasteiger partial charge in [-0.3, -0.25) is 14.7 Å². The van der Waals surface area contributed by atoms with Crippen molar-refractivity contribution >= 4 is 29.1 Å². The molecular weight excluding hydrogens is 515 g/mol. The number of rotatable bonds is 5. The van der Waals surface area contributed by atoms with Crippen LogP contribution in [0.2, 0.25) is 0 Å². The highest BCUT2D eigenvalue weighted by molar-refractivity contribution is 5.95. The van der Waals surface area contributed by atoms with E-state index < -0.39 is 40.8 Å².